The van der Waals surface area contributed by atoms with Crippen LogP contribution in [-0.4, -0.2) is 68.1 Å². The summed E-state index contributed by atoms with van der Waals surface area (Å²) in [6.45, 7) is 2.56. The molecule has 0 spiro atoms. The van der Waals surface area contributed by atoms with Crippen LogP contribution in [0.2, 0.25) is 0 Å². The summed E-state index contributed by atoms with van der Waals surface area (Å²) in [7, 11) is 0. The second-order valence-corrected chi connectivity index (χ2v) is 11.8. The Kier molecular flexibility index (Phi) is 9.34. The largest absolute Gasteiger partial charge is 0.378 e. The Bertz CT molecular complexity index is 709. The number of ether oxygens (including phenoxy) is 2. The van der Waals surface area contributed by atoms with E-state index in [4.69, 9.17) is 4.74 Å². The highest BCUT2D eigenvalue weighted by Gasteiger charge is 2.58. The molecule has 0 aromatic heterocycles. The minimum absolute atomic E-state index is 0.0106. The molecule has 0 radical (unpaired) electrons. The van der Waals surface area contributed by atoms with E-state index >= 15 is 8.78 Å². The van der Waals surface area contributed by atoms with E-state index in [2.05, 4.69) is 4.74 Å². The molecular weight excluding hydrogens is 515 g/mol. The highest BCUT2D eigenvalue weighted by molar-refractivity contribution is 5.00. The summed E-state index contributed by atoms with van der Waals surface area (Å²) in [5, 5.41) is 0. The zero-order valence-corrected chi connectivity index (χ0v) is 20.9. The van der Waals surface area contributed by atoms with Crippen LogP contribution in [0.3, 0.4) is 0 Å². The van der Waals surface area contributed by atoms with E-state index in [0.29, 0.717) is 18.9 Å². The topological polar surface area (TPSA) is 18.5 Å². The van der Waals surface area contributed by atoms with Crippen molar-refractivity contribution in [2.24, 2.45) is 29.6 Å². The smallest absolute Gasteiger partial charge is 0.364 e. The Morgan fingerprint density at radius 2 is 1.22 bits per heavy atom. The van der Waals surface area contributed by atoms with Gasteiger partial charge in [0.1, 0.15) is 42.9 Å². The lowest BCUT2D eigenvalue weighted by Gasteiger charge is -2.46. The summed E-state index contributed by atoms with van der Waals surface area (Å²) in [5.74, 6) is -5.02. The fourth-order valence-electron chi connectivity index (χ4n) is 7.02. The molecule has 216 valence electrons. The maximum atomic E-state index is 15.3. The molecule has 0 aromatic carbocycles. The van der Waals surface area contributed by atoms with E-state index in [0.717, 1.165) is 12.8 Å². The standard InChI is InChI=1S/C26H37F9O2/c1-12-3-2-4-22(36-11-12)13-5-16(27)23(17(28)6-13)14-7-18(29)24(19(30)8-14)26(34,35)37-15-9-20(31)25(33)21(32)10-15/h12-25H,2-11H2,1H3. The van der Waals surface area contributed by atoms with Gasteiger partial charge in [0.05, 0.1) is 12.2 Å². The minimum Gasteiger partial charge on any atom is -0.378 e. The number of alkyl halides is 9. The van der Waals surface area contributed by atoms with Gasteiger partial charge in [-0.2, -0.15) is 8.78 Å². The Morgan fingerprint density at radius 1 is 0.676 bits per heavy atom. The van der Waals surface area contributed by atoms with E-state index < -0.39 is 98.9 Å². The number of hydrogen-bond donors (Lipinski definition) is 0. The zero-order chi connectivity index (χ0) is 27.1. The average Bonchev–Trinajstić information content (AvgIpc) is 3.00. The summed E-state index contributed by atoms with van der Waals surface area (Å²) in [4.78, 5) is 0. The average molecular weight is 553 g/mol. The van der Waals surface area contributed by atoms with Gasteiger partial charge in [-0.1, -0.05) is 13.3 Å². The molecule has 8 unspecified atom stereocenters. The predicted molar refractivity (Wildman–Crippen MR) is 119 cm³/mol. The van der Waals surface area contributed by atoms with Crippen molar-refractivity contribution < 1.29 is 49.0 Å². The van der Waals surface area contributed by atoms with Crippen molar-refractivity contribution in [3.05, 3.63) is 0 Å². The molecule has 1 aliphatic heterocycles. The number of halogens is 9. The maximum absolute atomic E-state index is 15.3. The van der Waals surface area contributed by atoms with Gasteiger partial charge in [-0.15, -0.1) is 0 Å². The Balaban J connectivity index is 1.36. The molecule has 2 nitrogen and oxygen atoms in total. The SMILES string of the molecule is CC1CCCC(C2CC(F)C(C3CC(F)C(C(F)(F)OC4CC(F)C(F)C(F)C4)C(F)C3)C(F)C2)OC1. The van der Waals surface area contributed by atoms with Crippen LogP contribution in [0.4, 0.5) is 39.5 Å². The van der Waals surface area contributed by atoms with Crippen molar-refractivity contribution in [3.63, 3.8) is 0 Å². The molecule has 11 heteroatoms. The van der Waals surface area contributed by atoms with Gasteiger partial charge in [0, 0.05) is 25.4 Å². The number of rotatable bonds is 5. The molecule has 0 N–H and O–H groups in total. The van der Waals surface area contributed by atoms with Gasteiger partial charge in [0.15, 0.2) is 6.17 Å². The summed E-state index contributed by atoms with van der Waals surface area (Å²) in [5.41, 5.74) is 0. The zero-order valence-electron chi connectivity index (χ0n) is 20.9. The van der Waals surface area contributed by atoms with Gasteiger partial charge < -0.3 is 9.47 Å². The molecule has 37 heavy (non-hydrogen) atoms. The lowest BCUT2D eigenvalue weighted by molar-refractivity contribution is -0.323. The Labute approximate surface area is 212 Å². The summed E-state index contributed by atoms with van der Waals surface area (Å²) in [6, 6.07) is 0. The van der Waals surface area contributed by atoms with Crippen molar-refractivity contribution >= 4 is 0 Å². The molecule has 0 amide bonds. The molecule has 1 saturated heterocycles. The third-order valence-electron chi connectivity index (χ3n) is 8.96. The van der Waals surface area contributed by atoms with Gasteiger partial charge in [-0.3, -0.25) is 0 Å². The van der Waals surface area contributed by atoms with E-state index in [1.807, 2.05) is 6.92 Å². The summed E-state index contributed by atoms with van der Waals surface area (Å²) < 4.78 is 141. The molecule has 3 saturated carbocycles. The normalized spacial score (nSPS) is 50.4. The molecule has 1 heterocycles. The van der Waals surface area contributed by atoms with Crippen LogP contribution in [0.15, 0.2) is 0 Å². The van der Waals surface area contributed by atoms with Crippen molar-refractivity contribution in [2.45, 2.75) is 126 Å². The quantitative estimate of drug-likeness (QED) is 0.332. The molecule has 0 bridgehead atoms. The Morgan fingerprint density at radius 3 is 1.78 bits per heavy atom. The molecule has 8 atom stereocenters. The Hall–Kier alpha value is -0.710. The fourth-order valence-corrected chi connectivity index (χ4v) is 7.02. The van der Waals surface area contributed by atoms with Crippen molar-refractivity contribution in [2.75, 3.05) is 6.61 Å². The van der Waals surface area contributed by atoms with Gasteiger partial charge in [-0.25, -0.2) is 30.7 Å². The summed E-state index contributed by atoms with van der Waals surface area (Å²) >= 11 is 0. The highest BCUT2D eigenvalue weighted by atomic mass is 19.3. The van der Waals surface area contributed by atoms with E-state index in [9.17, 15) is 30.7 Å². The van der Waals surface area contributed by atoms with Gasteiger partial charge >= 0.3 is 6.11 Å². The predicted octanol–water partition coefficient (Wildman–Crippen LogP) is 7.38. The van der Waals surface area contributed by atoms with Crippen LogP contribution in [0.1, 0.15) is 64.7 Å². The first-order chi connectivity index (χ1) is 17.4. The van der Waals surface area contributed by atoms with E-state index in [1.165, 1.54) is 0 Å². The minimum atomic E-state index is -4.42. The molecular formula is C26H37F9O2. The van der Waals surface area contributed by atoms with Crippen molar-refractivity contribution in [1.29, 1.82) is 0 Å². The monoisotopic (exact) mass is 552 g/mol. The third-order valence-corrected chi connectivity index (χ3v) is 8.96. The molecule has 0 aromatic rings. The molecule has 4 aliphatic rings. The lowest BCUT2D eigenvalue weighted by Crippen LogP contribution is -2.53. The van der Waals surface area contributed by atoms with Crippen LogP contribution in [-0.2, 0) is 9.47 Å². The van der Waals surface area contributed by atoms with Crippen LogP contribution < -0.4 is 0 Å². The van der Waals surface area contributed by atoms with E-state index in [-0.39, 0.29) is 24.9 Å². The third kappa shape index (κ3) is 6.55. The first-order valence-electron chi connectivity index (χ1n) is 13.5. The molecule has 3 aliphatic carbocycles. The summed E-state index contributed by atoms with van der Waals surface area (Å²) in [6.07, 6.45) is -22.5. The lowest BCUT2D eigenvalue weighted by atomic mass is 9.65. The second kappa shape index (κ2) is 11.8. The van der Waals surface area contributed by atoms with Crippen molar-refractivity contribution in [3.8, 4) is 0 Å². The van der Waals surface area contributed by atoms with Crippen LogP contribution in [0, 0.1) is 29.6 Å². The van der Waals surface area contributed by atoms with Gasteiger partial charge in [0.25, 0.3) is 0 Å². The second-order valence-electron chi connectivity index (χ2n) is 11.8. The van der Waals surface area contributed by atoms with Crippen molar-refractivity contribution in [1.82, 2.24) is 0 Å². The molecule has 4 fully saturated rings. The van der Waals surface area contributed by atoms with Gasteiger partial charge in [-0.05, 0) is 56.3 Å². The van der Waals surface area contributed by atoms with Gasteiger partial charge in [0.2, 0.25) is 0 Å². The van der Waals surface area contributed by atoms with Crippen LogP contribution in [0.5, 0.6) is 0 Å². The van der Waals surface area contributed by atoms with E-state index in [1.54, 1.807) is 0 Å². The first kappa shape index (κ1) is 29.3. The fraction of sp³-hybridized carbons (Fsp3) is 1.00. The first-order valence-corrected chi connectivity index (χ1v) is 13.5. The maximum Gasteiger partial charge on any atom is 0.364 e. The molecule has 4 rings (SSSR count). The number of hydrogen-bond acceptors (Lipinski definition) is 2. The van der Waals surface area contributed by atoms with Crippen LogP contribution in [0.25, 0.3) is 0 Å². The van der Waals surface area contributed by atoms with Crippen LogP contribution >= 0.6 is 0 Å². The highest BCUT2D eigenvalue weighted by Crippen LogP contribution is 2.50.